The molecule has 0 saturated heterocycles. The molecule has 0 aliphatic rings. The molecule has 0 unspecified atom stereocenters. The first kappa shape index (κ1) is 15.9. The second-order valence-electron chi connectivity index (χ2n) is 5.90. The van der Waals surface area contributed by atoms with E-state index in [4.69, 9.17) is 16.3 Å². The number of hydrogen-bond donors (Lipinski definition) is 0. The van der Waals surface area contributed by atoms with Gasteiger partial charge in [-0.1, -0.05) is 41.9 Å². The van der Waals surface area contributed by atoms with Gasteiger partial charge >= 0.3 is 0 Å². The first-order chi connectivity index (χ1) is 9.96. The fourth-order valence-corrected chi connectivity index (χ4v) is 2.44. The van der Waals surface area contributed by atoms with E-state index < -0.39 is 0 Å². The van der Waals surface area contributed by atoms with Crippen LogP contribution in [0.4, 0.5) is 0 Å². The molecule has 0 N–H and O–H groups in total. The van der Waals surface area contributed by atoms with Gasteiger partial charge in [-0.3, -0.25) is 0 Å². The van der Waals surface area contributed by atoms with E-state index in [1.165, 1.54) is 5.56 Å². The largest absolute Gasteiger partial charge is 0.487 e. The zero-order chi connectivity index (χ0) is 15.3. The van der Waals surface area contributed by atoms with Crippen molar-refractivity contribution < 1.29 is 9.22 Å². The molecule has 3 heteroatoms. The van der Waals surface area contributed by atoms with Crippen LogP contribution in [-0.2, 0) is 6.54 Å². The van der Waals surface area contributed by atoms with E-state index in [2.05, 4.69) is 45.3 Å². The van der Waals surface area contributed by atoms with E-state index in [1.54, 1.807) is 0 Å². The maximum absolute atomic E-state index is 5.92. The molecule has 1 radical (unpaired) electrons. The standard InChI is InChI=1S/C18H22ClNO/c1-15-13-17(19)9-10-18(15)21-12-11-20(2,3)14-16-7-5-4-6-8-16/h4-10,13H,1,11-12,14H2,2-3H3/q+1. The van der Waals surface area contributed by atoms with Gasteiger partial charge in [0, 0.05) is 10.6 Å². The van der Waals surface area contributed by atoms with Gasteiger partial charge in [0.25, 0.3) is 0 Å². The number of quaternary nitrogens is 1. The number of rotatable bonds is 6. The summed E-state index contributed by atoms with van der Waals surface area (Å²) in [5.41, 5.74) is 2.17. The third kappa shape index (κ3) is 5.07. The summed E-state index contributed by atoms with van der Waals surface area (Å²) in [5.74, 6) is 0.805. The Balaban J connectivity index is 1.87. The minimum absolute atomic E-state index is 0.657. The van der Waals surface area contributed by atoms with Crippen LogP contribution in [0.2, 0.25) is 5.02 Å². The molecule has 0 amide bonds. The van der Waals surface area contributed by atoms with Crippen LogP contribution in [0.3, 0.4) is 0 Å². The van der Waals surface area contributed by atoms with Crippen LogP contribution < -0.4 is 4.74 Å². The predicted molar refractivity (Wildman–Crippen MR) is 88.5 cm³/mol. The third-order valence-electron chi connectivity index (χ3n) is 3.43. The van der Waals surface area contributed by atoms with E-state index >= 15 is 0 Å². The lowest BCUT2D eigenvalue weighted by molar-refractivity contribution is -0.903. The van der Waals surface area contributed by atoms with Crippen LogP contribution in [0.1, 0.15) is 11.1 Å². The van der Waals surface area contributed by atoms with Crippen LogP contribution in [0.25, 0.3) is 0 Å². The minimum Gasteiger partial charge on any atom is -0.487 e. The van der Waals surface area contributed by atoms with E-state index in [1.807, 2.05) is 24.3 Å². The highest BCUT2D eigenvalue weighted by Gasteiger charge is 2.16. The summed E-state index contributed by atoms with van der Waals surface area (Å²) in [6.45, 7) is 6.52. The molecule has 2 aromatic rings. The zero-order valence-corrected chi connectivity index (χ0v) is 13.4. The minimum atomic E-state index is 0.657. The maximum Gasteiger partial charge on any atom is 0.137 e. The van der Waals surface area contributed by atoms with E-state index in [-0.39, 0.29) is 0 Å². The van der Waals surface area contributed by atoms with Gasteiger partial charge in [-0.15, -0.1) is 0 Å². The summed E-state index contributed by atoms with van der Waals surface area (Å²) >= 11 is 5.92. The SMILES string of the molecule is [CH2]c1cc(Cl)ccc1OCC[N+](C)(C)Cc1ccccc1. The molecular formula is C18H22ClNO+. The average molecular weight is 304 g/mol. The number of likely N-dealkylation sites (N-methyl/N-ethyl adjacent to an activating group) is 1. The van der Waals surface area contributed by atoms with Crippen molar-refractivity contribution in [2.45, 2.75) is 6.54 Å². The Bertz CT molecular complexity index is 581. The molecule has 0 saturated carbocycles. The monoisotopic (exact) mass is 303 g/mol. The summed E-state index contributed by atoms with van der Waals surface area (Å²) in [5, 5.41) is 0.688. The molecule has 2 aromatic carbocycles. The van der Waals surface area contributed by atoms with Gasteiger partial charge in [-0.25, -0.2) is 0 Å². The molecule has 2 rings (SSSR count). The first-order valence-electron chi connectivity index (χ1n) is 7.06. The van der Waals surface area contributed by atoms with Crippen molar-refractivity contribution in [2.75, 3.05) is 27.2 Å². The van der Waals surface area contributed by atoms with Crippen molar-refractivity contribution in [1.29, 1.82) is 0 Å². The molecule has 0 fully saturated rings. The highest BCUT2D eigenvalue weighted by atomic mass is 35.5. The van der Waals surface area contributed by atoms with E-state index in [0.717, 1.165) is 28.9 Å². The quantitative estimate of drug-likeness (QED) is 0.728. The summed E-state index contributed by atoms with van der Waals surface area (Å²) < 4.78 is 6.71. The molecule has 0 bridgehead atoms. The van der Waals surface area contributed by atoms with Crippen molar-refractivity contribution in [2.24, 2.45) is 0 Å². The first-order valence-corrected chi connectivity index (χ1v) is 7.44. The topological polar surface area (TPSA) is 9.23 Å². The molecular weight excluding hydrogens is 282 g/mol. The van der Waals surface area contributed by atoms with Crippen molar-refractivity contribution in [1.82, 2.24) is 0 Å². The summed E-state index contributed by atoms with van der Waals surface area (Å²) in [6.07, 6.45) is 0. The highest BCUT2D eigenvalue weighted by Crippen LogP contribution is 2.21. The van der Waals surface area contributed by atoms with Crippen molar-refractivity contribution in [3.05, 3.63) is 71.6 Å². The molecule has 2 nitrogen and oxygen atoms in total. The predicted octanol–water partition coefficient (Wildman–Crippen LogP) is 4.18. The van der Waals surface area contributed by atoms with Crippen LogP contribution in [-0.4, -0.2) is 31.7 Å². The Morgan fingerprint density at radius 2 is 1.81 bits per heavy atom. The lowest BCUT2D eigenvalue weighted by Crippen LogP contribution is -2.42. The second kappa shape index (κ2) is 6.97. The van der Waals surface area contributed by atoms with Crippen LogP contribution >= 0.6 is 11.6 Å². The fraction of sp³-hybridized carbons (Fsp3) is 0.278. The third-order valence-corrected chi connectivity index (χ3v) is 3.67. The van der Waals surface area contributed by atoms with Crippen LogP contribution in [0.15, 0.2) is 48.5 Å². The number of halogens is 1. The Morgan fingerprint density at radius 1 is 1.10 bits per heavy atom. The van der Waals surface area contributed by atoms with Gasteiger partial charge < -0.3 is 9.22 Å². The molecule has 111 valence electrons. The summed E-state index contributed by atoms with van der Waals surface area (Å²) in [6, 6.07) is 16.0. The maximum atomic E-state index is 5.92. The molecule has 0 aliphatic heterocycles. The second-order valence-corrected chi connectivity index (χ2v) is 6.34. The van der Waals surface area contributed by atoms with Crippen LogP contribution in [0.5, 0.6) is 5.75 Å². The molecule has 0 aromatic heterocycles. The van der Waals surface area contributed by atoms with E-state index in [9.17, 15) is 0 Å². The van der Waals surface area contributed by atoms with Crippen LogP contribution in [0, 0.1) is 6.92 Å². The van der Waals surface area contributed by atoms with Crippen molar-refractivity contribution >= 4 is 11.6 Å². The van der Waals surface area contributed by atoms with Gasteiger partial charge in [0.1, 0.15) is 25.4 Å². The zero-order valence-electron chi connectivity index (χ0n) is 12.7. The Labute approximate surface area is 132 Å². The van der Waals surface area contributed by atoms with Crippen molar-refractivity contribution in [3.8, 4) is 5.75 Å². The lowest BCUT2D eigenvalue weighted by Gasteiger charge is -2.29. The van der Waals surface area contributed by atoms with Gasteiger partial charge in [-0.05, 0) is 30.7 Å². The molecule has 0 spiro atoms. The number of benzene rings is 2. The Hall–Kier alpha value is -1.51. The molecule has 21 heavy (non-hydrogen) atoms. The number of ether oxygens (including phenoxy) is 1. The highest BCUT2D eigenvalue weighted by molar-refractivity contribution is 6.30. The molecule has 0 atom stereocenters. The molecule has 0 heterocycles. The van der Waals surface area contributed by atoms with E-state index in [0.29, 0.717) is 11.6 Å². The summed E-state index contributed by atoms with van der Waals surface area (Å²) in [4.78, 5) is 0. The average Bonchev–Trinajstić information content (AvgIpc) is 2.42. The van der Waals surface area contributed by atoms with Gasteiger partial charge in [0.2, 0.25) is 0 Å². The Kier molecular flexibility index (Phi) is 5.27. The smallest absolute Gasteiger partial charge is 0.137 e. The van der Waals surface area contributed by atoms with Gasteiger partial charge in [0.15, 0.2) is 0 Å². The molecule has 0 aliphatic carbocycles. The lowest BCUT2D eigenvalue weighted by atomic mass is 10.2. The fourth-order valence-electron chi connectivity index (χ4n) is 2.25. The van der Waals surface area contributed by atoms with Gasteiger partial charge in [-0.2, -0.15) is 0 Å². The van der Waals surface area contributed by atoms with Gasteiger partial charge in [0.05, 0.1) is 14.1 Å². The summed E-state index contributed by atoms with van der Waals surface area (Å²) in [7, 11) is 4.42. The van der Waals surface area contributed by atoms with Crippen molar-refractivity contribution in [3.63, 3.8) is 0 Å². The number of nitrogens with zero attached hydrogens (tertiary/aromatic N) is 1. The Morgan fingerprint density at radius 3 is 2.48 bits per heavy atom. The number of hydrogen-bond acceptors (Lipinski definition) is 1. The normalized spacial score (nSPS) is 11.4.